The van der Waals surface area contributed by atoms with E-state index in [9.17, 15) is 0 Å². The topological polar surface area (TPSA) is 74.7 Å². The van der Waals surface area contributed by atoms with Crippen LogP contribution in [0.1, 0.15) is 24.8 Å². The van der Waals surface area contributed by atoms with Crippen LogP contribution < -0.4 is 11.1 Å². The first kappa shape index (κ1) is 10.2. The summed E-state index contributed by atoms with van der Waals surface area (Å²) in [4.78, 5) is 4.27. The first-order valence-corrected chi connectivity index (χ1v) is 6.70. The van der Waals surface area contributed by atoms with Gasteiger partial charge in [-0.25, -0.2) is 4.98 Å². The fraction of sp³-hybridized carbons (Fsp3) is 0.571. The first-order chi connectivity index (χ1) is 8.78. The molecule has 2 bridgehead atoms. The molecule has 4 heteroatoms. The van der Waals surface area contributed by atoms with E-state index in [1.54, 1.807) is 12.3 Å². The third-order valence-corrected chi connectivity index (χ3v) is 5.08. The molecule has 0 amide bonds. The molecule has 4 nitrogen and oxygen atoms in total. The van der Waals surface area contributed by atoms with Crippen LogP contribution in [0.4, 0.5) is 11.5 Å². The summed E-state index contributed by atoms with van der Waals surface area (Å²) in [6.07, 6.45) is 5.87. The van der Waals surface area contributed by atoms with Crippen LogP contribution in [0.2, 0.25) is 0 Å². The van der Waals surface area contributed by atoms with Gasteiger partial charge in [-0.1, -0.05) is 0 Å². The lowest BCUT2D eigenvalue weighted by Crippen LogP contribution is -2.14. The Hall–Kier alpha value is -1.76. The van der Waals surface area contributed by atoms with Gasteiger partial charge in [-0.3, -0.25) is 0 Å². The average molecular weight is 240 g/mol. The van der Waals surface area contributed by atoms with Crippen molar-refractivity contribution in [2.45, 2.75) is 25.3 Å². The maximum Gasteiger partial charge on any atom is 0.149 e. The highest BCUT2D eigenvalue weighted by Crippen LogP contribution is 2.66. The number of aromatic nitrogens is 1. The molecule has 0 saturated heterocycles. The monoisotopic (exact) mass is 240 g/mol. The maximum absolute atomic E-state index is 8.79. The number of hydrogen-bond acceptors (Lipinski definition) is 4. The highest BCUT2D eigenvalue weighted by Gasteiger charge is 2.65. The SMILES string of the molecule is N#Cc1cnc(NC2C3C4CCC(C4)C23)c(N)c1. The lowest BCUT2D eigenvalue weighted by Gasteiger charge is -2.12. The summed E-state index contributed by atoms with van der Waals surface area (Å²) in [6, 6.07) is 4.34. The summed E-state index contributed by atoms with van der Waals surface area (Å²) in [6.45, 7) is 0. The lowest BCUT2D eigenvalue weighted by atomic mass is 10.0. The van der Waals surface area contributed by atoms with Crippen LogP contribution in [-0.4, -0.2) is 11.0 Å². The minimum absolute atomic E-state index is 0.522. The van der Waals surface area contributed by atoms with Crippen molar-refractivity contribution in [3.05, 3.63) is 17.8 Å². The number of pyridine rings is 1. The van der Waals surface area contributed by atoms with Gasteiger partial charge in [0, 0.05) is 12.2 Å². The molecule has 1 heterocycles. The van der Waals surface area contributed by atoms with Gasteiger partial charge in [-0.2, -0.15) is 5.26 Å². The summed E-state index contributed by atoms with van der Waals surface area (Å²) in [5, 5.41) is 12.3. The van der Waals surface area contributed by atoms with E-state index in [0.29, 0.717) is 17.3 Å². The summed E-state index contributed by atoms with van der Waals surface area (Å²) < 4.78 is 0. The average Bonchev–Trinajstić information content (AvgIpc) is 2.78. The number of nitriles is 1. The molecule has 18 heavy (non-hydrogen) atoms. The third-order valence-electron chi connectivity index (χ3n) is 5.08. The van der Waals surface area contributed by atoms with E-state index in [1.807, 2.05) is 0 Å². The third kappa shape index (κ3) is 1.28. The zero-order chi connectivity index (χ0) is 12.3. The number of anilines is 2. The molecule has 0 aliphatic heterocycles. The van der Waals surface area contributed by atoms with Crippen molar-refractivity contribution < 1.29 is 0 Å². The fourth-order valence-corrected chi connectivity index (χ4v) is 4.34. The second-order valence-electron chi connectivity index (χ2n) is 5.93. The number of nitrogen functional groups attached to an aromatic ring is 1. The molecule has 3 aliphatic rings. The normalized spacial score (nSPS) is 39.2. The predicted molar refractivity (Wildman–Crippen MR) is 68.6 cm³/mol. The van der Waals surface area contributed by atoms with E-state index in [-0.39, 0.29) is 0 Å². The van der Waals surface area contributed by atoms with E-state index < -0.39 is 0 Å². The highest BCUT2D eigenvalue weighted by molar-refractivity contribution is 5.64. The maximum atomic E-state index is 8.79. The number of rotatable bonds is 2. The van der Waals surface area contributed by atoms with Gasteiger partial charge in [0.25, 0.3) is 0 Å². The molecule has 3 aliphatic carbocycles. The van der Waals surface area contributed by atoms with Crippen LogP contribution in [0.25, 0.3) is 0 Å². The molecule has 4 rings (SSSR count). The molecule has 0 aromatic carbocycles. The Kier molecular flexibility index (Phi) is 1.91. The molecule has 3 N–H and O–H groups in total. The van der Waals surface area contributed by atoms with Crippen molar-refractivity contribution in [1.82, 2.24) is 4.98 Å². The molecule has 92 valence electrons. The van der Waals surface area contributed by atoms with Crippen LogP contribution in [0.3, 0.4) is 0 Å². The van der Waals surface area contributed by atoms with Gasteiger partial charge in [0.05, 0.1) is 11.3 Å². The lowest BCUT2D eigenvalue weighted by molar-refractivity contribution is 0.456. The van der Waals surface area contributed by atoms with Crippen molar-refractivity contribution in [2.75, 3.05) is 11.1 Å². The largest absolute Gasteiger partial charge is 0.396 e. The van der Waals surface area contributed by atoms with Crippen molar-refractivity contribution in [2.24, 2.45) is 23.7 Å². The number of nitrogens with two attached hydrogens (primary N) is 1. The molecule has 0 spiro atoms. The summed E-state index contributed by atoms with van der Waals surface area (Å²) in [5.41, 5.74) is 7.04. The Labute approximate surface area is 106 Å². The van der Waals surface area contributed by atoms with Crippen LogP contribution in [0.15, 0.2) is 12.3 Å². The van der Waals surface area contributed by atoms with E-state index in [1.165, 1.54) is 19.3 Å². The molecule has 1 aromatic rings. The van der Waals surface area contributed by atoms with Crippen molar-refractivity contribution in [3.8, 4) is 6.07 Å². The fourth-order valence-electron chi connectivity index (χ4n) is 4.34. The molecule has 3 saturated carbocycles. The zero-order valence-electron chi connectivity index (χ0n) is 10.1. The smallest absolute Gasteiger partial charge is 0.149 e. The zero-order valence-corrected chi connectivity index (χ0v) is 10.1. The molecular formula is C14H16N4. The van der Waals surface area contributed by atoms with E-state index in [0.717, 1.165) is 29.5 Å². The molecule has 0 radical (unpaired) electrons. The second kappa shape index (κ2) is 3.38. The van der Waals surface area contributed by atoms with E-state index >= 15 is 0 Å². The Morgan fingerprint density at radius 1 is 1.33 bits per heavy atom. The predicted octanol–water partition coefficient (Wildman–Crippen LogP) is 1.99. The van der Waals surface area contributed by atoms with Crippen LogP contribution in [0.5, 0.6) is 0 Å². The van der Waals surface area contributed by atoms with E-state index in [2.05, 4.69) is 16.4 Å². The second-order valence-corrected chi connectivity index (χ2v) is 5.93. The van der Waals surface area contributed by atoms with Gasteiger partial charge in [0.15, 0.2) is 0 Å². The molecule has 1 aromatic heterocycles. The number of hydrogen-bond donors (Lipinski definition) is 2. The van der Waals surface area contributed by atoms with Gasteiger partial charge in [-0.15, -0.1) is 0 Å². The molecule has 4 atom stereocenters. The Morgan fingerprint density at radius 3 is 2.67 bits per heavy atom. The van der Waals surface area contributed by atoms with Crippen molar-refractivity contribution in [1.29, 1.82) is 5.26 Å². The molecule has 3 fully saturated rings. The van der Waals surface area contributed by atoms with Crippen LogP contribution in [0, 0.1) is 35.0 Å². The van der Waals surface area contributed by atoms with Gasteiger partial charge in [0.2, 0.25) is 0 Å². The molecular weight excluding hydrogens is 224 g/mol. The summed E-state index contributed by atoms with van der Waals surface area (Å²) in [7, 11) is 0. The summed E-state index contributed by atoms with van der Waals surface area (Å²) in [5.74, 6) is 4.36. The molecule has 4 unspecified atom stereocenters. The van der Waals surface area contributed by atoms with Gasteiger partial charge in [-0.05, 0) is 49.0 Å². The van der Waals surface area contributed by atoms with Gasteiger partial charge >= 0.3 is 0 Å². The highest BCUT2D eigenvalue weighted by atomic mass is 15.1. The quantitative estimate of drug-likeness (QED) is 0.829. The van der Waals surface area contributed by atoms with E-state index in [4.69, 9.17) is 11.0 Å². The number of fused-ring (bicyclic) bond motifs is 5. The standard InChI is InChI=1S/C14H16N4/c15-5-7-3-10(16)14(17-6-7)18-13-11-8-1-2-9(4-8)12(11)13/h3,6,8-9,11-13H,1-2,4,16H2,(H,17,18). The van der Waals surface area contributed by atoms with Gasteiger partial charge < -0.3 is 11.1 Å². The summed E-state index contributed by atoms with van der Waals surface area (Å²) >= 11 is 0. The Morgan fingerprint density at radius 2 is 2.06 bits per heavy atom. The first-order valence-electron chi connectivity index (χ1n) is 6.70. The van der Waals surface area contributed by atoms with Gasteiger partial charge in [0.1, 0.15) is 11.9 Å². The minimum Gasteiger partial charge on any atom is -0.396 e. The number of nitrogens with zero attached hydrogens (tertiary/aromatic N) is 2. The Bertz CT molecular complexity index is 531. The minimum atomic E-state index is 0.522. The van der Waals surface area contributed by atoms with Crippen molar-refractivity contribution in [3.63, 3.8) is 0 Å². The van der Waals surface area contributed by atoms with Crippen LogP contribution in [-0.2, 0) is 0 Å². The Balaban J connectivity index is 1.52. The van der Waals surface area contributed by atoms with Crippen LogP contribution >= 0.6 is 0 Å². The van der Waals surface area contributed by atoms with Crippen molar-refractivity contribution >= 4 is 11.5 Å². The number of nitrogens with one attached hydrogen (secondary N) is 1.